The van der Waals surface area contributed by atoms with Gasteiger partial charge in [0.2, 0.25) is 0 Å². The SMILES string of the molecule is COCOC(C)(C)C(=O)/C=C/[C@H](C)[C@H]1CC[C@H]2C3=CC=C4C[C@@H](OC(=O)OC)C[C@H](OC(=O)OC)[C@]4(C)[C@H]3CC[C@]12C. The lowest BCUT2D eigenvalue weighted by molar-refractivity contribution is -0.150. The van der Waals surface area contributed by atoms with Crippen LogP contribution in [-0.2, 0) is 33.2 Å². The highest BCUT2D eigenvalue weighted by Gasteiger charge is 2.60. The van der Waals surface area contributed by atoms with Crippen molar-refractivity contribution < 1.29 is 42.8 Å². The van der Waals surface area contributed by atoms with Crippen molar-refractivity contribution in [1.29, 1.82) is 0 Å². The van der Waals surface area contributed by atoms with E-state index in [1.165, 1.54) is 19.8 Å². The minimum Gasteiger partial charge on any atom is -0.438 e. The summed E-state index contributed by atoms with van der Waals surface area (Å²) in [7, 11) is 4.13. The van der Waals surface area contributed by atoms with Crippen LogP contribution < -0.4 is 0 Å². The highest BCUT2D eigenvalue weighted by molar-refractivity contribution is 5.96. The molecule has 9 nitrogen and oxygen atoms in total. The number of hydrogen-bond donors (Lipinski definition) is 0. The van der Waals surface area contributed by atoms with Crippen LogP contribution in [0, 0.1) is 34.5 Å². The maximum atomic E-state index is 12.9. The molecule has 4 aliphatic rings. The van der Waals surface area contributed by atoms with Crippen LogP contribution in [0.25, 0.3) is 0 Å². The van der Waals surface area contributed by atoms with E-state index in [0.717, 1.165) is 31.3 Å². The molecule has 9 heteroatoms. The second-order valence-corrected chi connectivity index (χ2v) is 13.3. The van der Waals surface area contributed by atoms with Gasteiger partial charge in [-0.3, -0.25) is 4.79 Å². The molecular formula is C33H48O9. The first-order valence-electron chi connectivity index (χ1n) is 15.1. The Morgan fingerprint density at radius 2 is 1.69 bits per heavy atom. The maximum Gasteiger partial charge on any atom is 0.508 e. The molecular weight excluding hydrogens is 540 g/mol. The normalized spacial score (nSPS) is 34.7. The summed E-state index contributed by atoms with van der Waals surface area (Å²) < 4.78 is 31.6. The van der Waals surface area contributed by atoms with Crippen molar-refractivity contribution in [2.24, 2.45) is 34.5 Å². The number of methoxy groups -OCH3 is 3. The van der Waals surface area contributed by atoms with Crippen LogP contribution in [-0.4, -0.2) is 64.0 Å². The molecule has 0 aromatic heterocycles. The van der Waals surface area contributed by atoms with E-state index in [2.05, 4.69) is 39.0 Å². The number of carbonyl (C=O) groups is 3. The number of hydrogen-bond acceptors (Lipinski definition) is 9. The summed E-state index contributed by atoms with van der Waals surface area (Å²) in [5.74, 6) is 1.19. The van der Waals surface area contributed by atoms with Gasteiger partial charge in [-0.2, -0.15) is 0 Å². The molecule has 3 saturated carbocycles. The predicted molar refractivity (Wildman–Crippen MR) is 155 cm³/mol. The van der Waals surface area contributed by atoms with Gasteiger partial charge in [0.1, 0.15) is 24.6 Å². The maximum absolute atomic E-state index is 12.9. The summed E-state index contributed by atoms with van der Waals surface area (Å²) >= 11 is 0. The molecule has 8 atom stereocenters. The van der Waals surface area contributed by atoms with Gasteiger partial charge in [0.15, 0.2) is 5.78 Å². The summed E-state index contributed by atoms with van der Waals surface area (Å²) in [5, 5.41) is 0. The standard InChI is InChI=1S/C33H48O9/c1-20(9-14-27(34)31(2,3)40-19-37-6)24-12-13-25-23-11-10-21-17-22(41-29(35)38-7)18-28(42-30(36)39-8)33(21,5)26(23)15-16-32(24,25)4/h9-11,14,20,22,24-26,28H,12-13,15-19H2,1-8H3/b14-9+/t20-,22+,24+,25-,26-,28-,32+,33-/m0/s1. The molecule has 4 rings (SSSR count). The van der Waals surface area contributed by atoms with Gasteiger partial charge in [0.25, 0.3) is 0 Å². The van der Waals surface area contributed by atoms with Crippen molar-refractivity contribution in [3.8, 4) is 0 Å². The van der Waals surface area contributed by atoms with Gasteiger partial charge in [0.05, 0.1) is 14.2 Å². The molecule has 0 aromatic carbocycles. The van der Waals surface area contributed by atoms with E-state index in [1.54, 1.807) is 27.0 Å². The first-order chi connectivity index (χ1) is 19.8. The molecule has 0 spiro atoms. The largest absolute Gasteiger partial charge is 0.508 e. The third-order valence-electron chi connectivity index (χ3n) is 10.8. The zero-order chi connectivity index (χ0) is 30.9. The van der Waals surface area contributed by atoms with E-state index in [4.69, 9.17) is 28.4 Å². The predicted octanol–water partition coefficient (Wildman–Crippen LogP) is 6.56. The van der Waals surface area contributed by atoms with Crippen molar-refractivity contribution in [1.82, 2.24) is 0 Å². The van der Waals surface area contributed by atoms with Gasteiger partial charge < -0.3 is 28.4 Å². The van der Waals surface area contributed by atoms with E-state index < -0.39 is 35.5 Å². The Morgan fingerprint density at radius 3 is 2.36 bits per heavy atom. The monoisotopic (exact) mass is 588 g/mol. The van der Waals surface area contributed by atoms with Crippen molar-refractivity contribution in [3.63, 3.8) is 0 Å². The Balaban J connectivity index is 1.57. The van der Waals surface area contributed by atoms with Crippen molar-refractivity contribution in [2.45, 2.75) is 91.0 Å². The smallest absolute Gasteiger partial charge is 0.438 e. The summed E-state index contributed by atoms with van der Waals surface area (Å²) in [6, 6.07) is 0. The molecule has 0 N–H and O–H groups in total. The Labute approximate surface area is 249 Å². The van der Waals surface area contributed by atoms with Crippen molar-refractivity contribution in [3.05, 3.63) is 35.5 Å². The van der Waals surface area contributed by atoms with Crippen molar-refractivity contribution >= 4 is 18.1 Å². The van der Waals surface area contributed by atoms with Crippen LogP contribution in [0.15, 0.2) is 35.5 Å². The van der Waals surface area contributed by atoms with Gasteiger partial charge in [0, 0.05) is 25.4 Å². The quantitative estimate of drug-likeness (QED) is 0.168. The van der Waals surface area contributed by atoms with Gasteiger partial charge in [-0.15, -0.1) is 0 Å². The van der Waals surface area contributed by atoms with Crippen LogP contribution in [0.4, 0.5) is 9.59 Å². The van der Waals surface area contributed by atoms with Crippen LogP contribution >= 0.6 is 0 Å². The number of rotatable bonds is 9. The average molecular weight is 589 g/mol. The summed E-state index contributed by atoms with van der Waals surface area (Å²) in [4.78, 5) is 37.1. The lowest BCUT2D eigenvalue weighted by Gasteiger charge is -2.57. The van der Waals surface area contributed by atoms with Crippen LogP contribution in [0.5, 0.6) is 0 Å². The fraction of sp³-hybridized carbons (Fsp3) is 0.727. The lowest BCUT2D eigenvalue weighted by atomic mass is 9.49. The number of fused-ring (bicyclic) bond motifs is 5. The van der Waals surface area contributed by atoms with E-state index in [1.807, 2.05) is 0 Å². The number of allylic oxidation sites excluding steroid dienone is 4. The molecule has 0 bridgehead atoms. The van der Waals surface area contributed by atoms with Gasteiger partial charge >= 0.3 is 12.3 Å². The Morgan fingerprint density at radius 1 is 1.00 bits per heavy atom. The second kappa shape index (κ2) is 12.5. The first-order valence-corrected chi connectivity index (χ1v) is 15.1. The molecule has 0 aromatic rings. The molecule has 3 fully saturated rings. The van der Waals surface area contributed by atoms with Crippen LogP contribution in [0.3, 0.4) is 0 Å². The van der Waals surface area contributed by atoms with E-state index in [0.29, 0.717) is 24.7 Å². The first kappa shape index (κ1) is 32.3. The molecule has 234 valence electrons. The molecule has 0 amide bonds. The number of ether oxygens (including phenoxy) is 6. The molecule has 0 saturated heterocycles. The van der Waals surface area contributed by atoms with E-state index in [9.17, 15) is 14.4 Å². The highest BCUT2D eigenvalue weighted by Crippen LogP contribution is 2.66. The third kappa shape index (κ3) is 5.91. The average Bonchev–Trinajstić information content (AvgIpc) is 3.32. The van der Waals surface area contributed by atoms with E-state index in [-0.39, 0.29) is 29.8 Å². The number of ketones is 1. The Kier molecular flexibility index (Phi) is 9.62. The second-order valence-electron chi connectivity index (χ2n) is 13.3. The van der Waals surface area contributed by atoms with Gasteiger partial charge in [-0.1, -0.05) is 50.1 Å². The summed E-state index contributed by atoms with van der Waals surface area (Å²) in [5.41, 5.74) is 1.26. The lowest BCUT2D eigenvalue weighted by Crippen LogP contribution is -2.54. The minimum absolute atomic E-state index is 0.0698. The molecule has 4 aliphatic carbocycles. The van der Waals surface area contributed by atoms with Crippen molar-refractivity contribution in [2.75, 3.05) is 28.1 Å². The third-order valence-corrected chi connectivity index (χ3v) is 10.8. The zero-order valence-corrected chi connectivity index (χ0v) is 26.4. The fourth-order valence-corrected chi connectivity index (χ4v) is 8.37. The molecule has 0 heterocycles. The van der Waals surface area contributed by atoms with Gasteiger partial charge in [-0.05, 0) is 74.7 Å². The summed E-state index contributed by atoms with van der Waals surface area (Å²) in [6.45, 7) is 10.4. The van der Waals surface area contributed by atoms with Gasteiger partial charge in [-0.25, -0.2) is 9.59 Å². The molecule has 0 aliphatic heterocycles. The molecule has 0 unspecified atom stereocenters. The molecule has 0 radical (unpaired) electrons. The number of carbonyl (C=O) groups excluding carboxylic acids is 3. The minimum atomic E-state index is -0.942. The Bertz CT molecular complexity index is 1140. The topological polar surface area (TPSA) is 107 Å². The Hall–Kier alpha value is -2.65. The van der Waals surface area contributed by atoms with Crippen LogP contribution in [0.2, 0.25) is 0 Å². The highest BCUT2D eigenvalue weighted by atomic mass is 16.7. The summed E-state index contributed by atoms with van der Waals surface area (Å²) in [6.07, 6.45) is 10.8. The van der Waals surface area contributed by atoms with Crippen LogP contribution in [0.1, 0.15) is 73.1 Å². The van der Waals surface area contributed by atoms with E-state index >= 15 is 0 Å². The zero-order valence-electron chi connectivity index (χ0n) is 26.4. The molecule has 42 heavy (non-hydrogen) atoms. The fourth-order valence-electron chi connectivity index (χ4n) is 8.37.